The molecule has 0 atom stereocenters. The summed E-state index contributed by atoms with van der Waals surface area (Å²) in [4.78, 5) is 12.7. The lowest BCUT2D eigenvalue weighted by Gasteiger charge is -2.15. The van der Waals surface area contributed by atoms with Gasteiger partial charge in [-0.1, -0.05) is 43.6 Å². The molecule has 35 heavy (non-hydrogen) atoms. The maximum absolute atomic E-state index is 13.9. The molecule has 9 heteroatoms. The number of hydrogen-bond acceptors (Lipinski definition) is 4. The van der Waals surface area contributed by atoms with E-state index in [0.29, 0.717) is 26.6 Å². The first-order chi connectivity index (χ1) is 16.7. The second-order valence-corrected chi connectivity index (χ2v) is 9.68. The zero-order valence-corrected chi connectivity index (χ0v) is 21.8. The molecule has 6 nitrogen and oxygen atoms in total. The van der Waals surface area contributed by atoms with Crippen molar-refractivity contribution in [2.45, 2.75) is 39.8 Å². The molecule has 0 saturated heterocycles. The highest BCUT2D eigenvalue weighted by Gasteiger charge is 2.17. The van der Waals surface area contributed by atoms with Crippen molar-refractivity contribution >= 4 is 39.3 Å². The van der Waals surface area contributed by atoms with Crippen LogP contribution in [0.5, 0.6) is 5.75 Å². The monoisotopic (exact) mass is 559 g/mol. The van der Waals surface area contributed by atoms with Crippen LogP contribution in [0.25, 0.3) is 0 Å². The Bertz CT molecular complexity index is 1370. The van der Waals surface area contributed by atoms with E-state index in [1.807, 2.05) is 19.1 Å². The number of rotatable bonds is 8. The van der Waals surface area contributed by atoms with Crippen LogP contribution in [0.4, 0.5) is 10.2 Å². The van der Waals surface area contributed by atoms with E-state index in [4.69, 9.17) is 20.8 Å². The fraction of sp³-hybridized carbons (Fsp3) is 0.231. The largest absolute Gasteiger partial charge is 0.485 e. The van der Waals surface area contributed by atoms with Gasteiger partial charge in [0.15, 0.2) is 11.6 Å². The summed E-state index contributed by atoms with van der Waals surface area (Å²) in [7, 11) is 0. The Hall–Kier alpha value is -3.10. The molecule has 0 unspecified atom stereocenters. The fourth-order valence-electron chi connectivity index (χ4n) is 3.51. The number of benzene rings is 2. The summed E-state index contributed by atoms with van der Waals surface area (Å²) in [5.74, 6) is 1.12. The summed E-state index contributed by atoms with van der Waals surface area (Å²) < 4.78 is 27.7. The smallest absolute Gasteiger partial charge is 0.292 e. The molecule has 1 amide bonds. The van der Waals surface area contributed by atoms with Gasteiger partial charge in [-0.05, 0) is 70.2 Å². The quantitative estimate of drug-likeness (QED) is 0.245. The van der Waals surface area contributed by atoms with Gasteiger partial charge in [0.05, 0.1) is 11.0 Å². The number of halogens is 3. The average molecular weight is 561 g/mol. The van der Waals surface area contributed by atoms with Crippen molar-refractivity contribution in [2.24, 2.45) is 0 Å². The number of aromatic nitrogens is 2. The third-order valence-corrected chi connectivity index (χ3v) is 6.40. The number of carbonyl (C=O) groups excluding carboxylic acids is 1. The second kappa shape index (κ2) is 10.7. The van der Waals surface area contributed by atoms with Crippen LogP contribution in [-0.2, 0) is 13.2 Å². The van der Waals surface area contributed by atoms with Crippen LogP contribution in [0.2, 0.25) is 5.02 Å². The zero-order valence-electron chi connectivity index (χ0n) is 19.4. The molecule has 2 aromatic carbocycles. The van der Waals surface area contributed by atoms with E-state index < -0.39 is 5.91 Å². The maximum atomic E-state index is 13.9. The van der Waals surface area contributed by atoms with Gasteiger partial charge in [0.1, 0.15) is 23.9 Å². The first-order valence-electron chi connectivity index (χ1n) is 11.0. The lowest BCUT2D eigenvalue weighted by molar-refractivity contribution is 0.0992. The Balaban J connectivity index is 1.41. The van der Waals surface area contributed by atoms with E-state index in [2.05, 4.69) is 40.2 Å². The molecular formula is C26H24BrClFN3O3. The zero-order chi connectivity index (χ0) is 25.1. The molecule has 0 aliphatic rings. The van der Waals surface area contributed by atoms with Crippen molar-refractivity contribution in [3.63, 3.8) is 0 Å². The molecule has 1 N–H and O–H groups in total. The minimum atomic E-state index is -0.460. The molecule has 4 rings (SSSR count). The topological polar surface area (TPSA) is 69.3 Å². The standard InChI is InChI=1S/C26H24BrClFN3O3/c1-15(2)19-11-21(28)16(3)10-24(19)34-14-18-8-9-23(35-18)26(33)30-25-20(27)13-32(31-25)12-17-6-4-5-7-22(17)29/h4-11,13,15H,12,14H2,1-3H3,(H,30,31,33). The van der Waals surface area contributed by atoms with Gasteiger partial charge in [-0.2, -0.15) is 5.10 Å². The highest BCUT2D eigenvalue weighted by atomic mass is 79.9. The predicted molar refractivity (Wildman–Crippen MR) is 137 cm³/mol. The van der Waals surface area contributed by atoms with Crippen LogP contribution in [-0.4, -0.2) is 15.7 Å². The first kappa shape index (κ1) is 25.0. The molecule has 2 heterocycles. The second-order valence-electron chi connectivity index (χ2n) is 8.42. The number of hydrogen-bond donors (Lipinski definition) is 1. The molecule has 0 radical (unpaired) electrons. The number of aryl methyl sites for hydroxylation is 1. The number of amides is 1. The Morgan fingerprint density at radius 2 is 2.03 bits per heavy atom. The number of ether oxygens (including phenoxy) is 1. The Morgan fingerprint density at radius 1 is 1.26 bits per heavy atom. The summed E-state index contributed by atoms with van der Waals surface area (Å²) in [5.41, 5.74) is 2.42. The predicted octanol–water partition coefficient (Wildman–Crippen LogP) is 7.34. The van der Waals surface area contributed by atoms with Gasteiger partial charge in [-0.25, -0.2) is 4.39 Å². The van der Waals surface area contributed by atoms with Crippen molar-refractivity contribution in [1.82, 2.24) is 9.78 Å². The van der Waals surface area contributed by atoms with Crippen molar-refractivity contribution in [1.29, 1.82) is 0 Å². The van der Waals surface area contributed by atoms with Gasteiger partial charge in [-0.15, -0.1) is 0 Å². The summed E-state index contributed by atoms with van der Waals surface area (Å²) >= 11 is 9.65. The van der Waals surface area contributed by atoms with Crippen LogP contribution in [0, 0.1) is 12.7 Å². The van der Waals surface area contributed by atoms with Crippen molar-refractivity contribution < 1.29 is 18.3 Å². The van der Waals surface area contributed by atoms with Crippen LogP contribution in [0.3, 0.4) is 0 Å². The van der Waals surface area contributed by atoms with Gasteiger partial charge in [0.25, 0.3) is 5.91 Å². The first-order valence-corrected chi connectivity index (χ1v) is 12.2. The van der Waals surface area contributed by atoms with Crippen molar-refractivity contribution in [3.05, 3.63) is 98.3 Å². The molecule has 182 valence electrons. The molecule has 0 spiro atoms. The SMILES string of the molecule is Cc1cc(OCc2ccc(C(=O)Nc3nn(Cc4ccccc4F)cc3Br)o2)c(C(C)C)cc1Cl. The van der Waals surface area contributed by atoms with E-state index >= 15 is 0 Å². The van der Waals surface area contributed by atoms with Gasteiger partial charge in [0, 0.05) is 16.8 Å². The molecule has 4 aromatic rings. The van der Waals surface area contributed by atoms with Crippen LogP contribution < -0.4 is 10.1 Å². The average Bonchev–Trinajstić information content (AvgIpc) is 3.42. The third-order valence-electron chi connectivity index (χ3n) is 5.41. The maximum Gasteiger partial charge on any atom is 0.292 e. The van der Waals surface area contributed by atoms with Gasteiger partial charge in [-0.3, -0.25) is 9.48 Å². The molecule has 2 aromatic heterocycles. The molecule has 0 bridgehead atoms. The summed E-state index contributed by atoms with van der Waals surface area (Å²) in [6.07, 6.45) is 1.67. The molecule has 0 fully saturated rings. The van der Waals surface area contributed by atoms with Gasteiger partial charge in [0.2, 0.25) is 0 Å². The summed E-state index contributed by atoms with van der Waals surface area (Å²) in [5, 5.41) is 7.74. The van der Waals surface area contributed by atoms with E-state index in [0.717, 1.165) is 16.9 Å². The van der Waals surface area contributed by atoms with E-state index in [9.17, 15) is 9.18 Å². The number of furan rings is 1. The van der Waals surface area contributed by atoms with E-state index in [1.54, 1.807) is 41.2 Å². The number of nitrogens with zero attached hydrogens (tertiary/aromatic N) is 2. The van der Waals surface area contributed by atoms with Crippen molar-refractivity contribution in [3.8, 4) is 5.75 Å². The lowest BCUT2D eigenvalue weighted by atomic mass is 10.0. The number of anilines is 1. The Morgan fingerprint density at radius 3 is 2.77 bits per heavy atom. The van der Waals surface area contributed by atoms with Gasteiger partial charge >= 0.3 is 0 Å². The highest BCUT2D eigenvalue weighted by Crippen LogP contribution is 2.32. The normalized spacial score (nSPS) is 11.2. The lowest BCUT2D eigenvalue weighted by Crippen LogP contribution is -2.12. The van der Waals surface area contributed by atoms with E-state index in [1.165, 1.54) is 6.07 Å². The Kier molecular flexibility index (Phi) is 7.62. The minimum Gasteiger partial charge on any atom is -0.485 e. The van der Waals surface area contributed by atoms with Crippen LogP contribution >= 0.6 is 27.5 Å². The fourth-order valence-corrected chi connectivity index (χ4v) is 4.09. The van der Waals surface area contributed by atoms with E-state index in [-0.39, 0.29) is 30.6 Å². The molecule has 0 aliphatic heterocycles. The van der Waals surface area contributed by atoms with Crippen LogP contribution in [0.15, 0.2) is 63.6 Å². The van der Waals surface area contributed by atoms with Crippen molar-refractivity contribution in [2.75, 3.05) is 5.32 Å². The third kappa shape index (κ3) is 5.94. The molecular weight excluding hydrogens is 537 g/mol. The Labute approximate surface area is 216 Å². The summed E-state index contributed by atoms with van der Waals surface area (Å²) in [6.45, 7) is 6.45. The van der Waals surface area contributed by atoms with Gasteiger partial charge < -0.3 is 14.5 Å². The summed E-state index contributed by atoms with van der Waals surface area (Å²) in [6, 6.07) is 13.6. The number of carbonyl (C=O) groups is 1. The van der Waals surface area contributed by atoms with Crippen LogP contribution in [0.1, 0.15) is 52.8 Å². The highest BCUT2D eigenvalue weighted by molar-refractivity contribution is 9.10. The minimum absolute atomic E-state index is 0.121. The molecule has 0 aliphatic carbocycles. The number of nitrogens with one attached hydrogen (secondary N) is 1. The molecule has 0 saturated carbocycles.